The molecular formula is C16H25NO5Si. The molecule has 0 atom stereocenters. The molecule has 0 fully saturated rings. The Morgan fingerprint density at radius 2 is 1.65 bits per heavy atom. The molecule has 7 heteroatoms. The third kappa shape index (κ3) is 3.97. The summed E-state index contributed by atoms with van der Waals surface area (Å²) in [5.41, 5.74) is -1.23. The minimum Gasteiger partial charge on any atom is -0.480 e. The van der Waals surface area contributed by atoms with Gasteiger partial charge in [0.2, 0.25) is 0 Å². The summed E-state index contributed by atoms with van der Waals surface area (Å²) >= 11 is 0. The van der Waals surface area contributed by atoms with Crippen molar-refractivity contribution in [2.45, 2.75) is 57.8 Å². The Hall–Kier alpha value is -1.73. The van der Waals surface area contributed by atoms with Gasteiger partial charge in [-0.05, 0) is 36.7 Å². The van der Waals surface area contributed by atoms with Crippen LogP contribution < -0.4 is 0 Å². The van der Waals surface area contributed by atoms with Crippen LogP contribution in [0.2, 0.25) is 18.1 Å². The van der Waals surface area contributed by atoms with Gasteiger partial charge in [-0.1, -0.05) is 26.8 Å². The molecule has 1 rings (SSSR count). The van der Waals surface area contributed by atoms with Crippen molar-refractivity contribution in [2.24, 2.45) is 0 Å². The summed E-state index contributed by atoms with van der Waals surface area (Å²) in [6, 6.07) is 3.10. The van der Waals surface area contributed by atoms with E-state index in [0.29, 0.717) is 12.3 Å². The molecule has 6 nitrogen and oxygen atoms in total. The molecule has 0 aliphatic carbocycles. The third-order valence-corrected chi connectivity index (χ3v) is 9.12. The van der Waals surface area contributed by atoms with Crippen molar-refractivity contribution in [3.8, 4) is 0 Å². The lowest BCUT2D eigenvalue weighted by molar-refractivity contribution is -0.156. The van der Waals surface area contributed by atoms with E-state index >= 15 is 0 Å². The number of pyridine rings is 1. The second-order valence-corrected chi connectivity index (χ2v) is 12.1. The summed E-state index contributed by atoms with van der Waals surface area (Å²) in [7, 11) is -1.90. The normalized spacial score (nSPS) is 13.0. The minimum absolute atomic E-state index is 0.0815. The Balaban J connectivity index is 2.94. The van der Waals surface area contributed by atoms with Crippen molar-refractivity contribution < 1.29 is 24.2 Å². The highest BCUT2D eigenvalue weighted by atomic mass is 28.4. The Kier molecular flexibility index (Phi) is 5.38. The SMILES string of the molecule is CC(C(=O)O)(C(=O)O)c1ccc(CO[Si](C)(C)C(C)(C)C)nc1. The van der Waals surface area contributed by atoms with Crippen molar-refractivity contribution in [1.29, 1.82) is 0 Å². The first kappa shape index (κ1) is 19.3. The van der Waals surface area contributed by atoms with Gasteiger partial charge in [-0.3, -0.25) is 14.6 Å². The van der Waals surface area contributed by atoms with E-state index in [1.807, 2.05) is 0 Å². The number of carboxylic acids is 2. The van der Waals surface area contributed by atoms with E-state index in [0.717, 1.165) is 6.92 Å². The number of aliphatic carboxylic acids is 2. The molecule has 1 aromatic heterocycles. The van der Waals surface area contributed by atoms with Crippen molar-refractivity contribution >= 4 is 20.3 Å². The molecule has 0 aliphatic rings. The lowest BCUT2D eigenvalue weighted by atomic mass is 9.83. The zero-order chi connectivity index (χ0) is 18.1. The fourth-order valence-electron chi connectivity index (χ4n) is 1.61. The van der Waals surface area contributed by atoms with Crippen LogP contribution in [0.3, 0.4) is 0 Å². The first-order chi connectivity index (χ1) is 10.3. The van der Waals surface area contributed by atoms with Gasteiger partial charge < -0.3 is 14.6 Å². The Bertz CT molecular complexity index is 575. The van der Waals surface area contributed by atoms with Crippen LogP contribution in [-0.4, -0.2) is 35.5 Å². The minimum atomic E-state index is -2.01. The van der Waals surface area contributed by atoms with Gasteiger partial charge in [0.05, 0.1) is 12.3 Å². The molecule has 0 spiro atoms. The summed E-state index contributed by atoms with van der Waals surface area (Å²) in [6.07, 6.45) is 1.30. The average Bonchev–Trinajstić information content (AvgIpc) is 2.43. The van der Waals surface area contributed by atoms with Crippen molar-refractivity contribution in [2.75, 3.05) is 0 Å². The molecule has 128 valence electrons. The molecule has 0 radical (unpaired) electrons. The number of aromatic nitrogens is 1. The van der Waals surface area contributed by atoms with Gasteiger partial charge in [0.15, 0.2) is 13.7 Å². The quantitative estimate of drug-likeness (QED) is 0.611. The topological polar surface area (TPSA) is 96.7 Å². The zero-order valence-corrected chi connectivity index (χ0v) is 15.5. The molecule has 0 aromatic carbocycles. The molecule has 0 saturated heterocycles. The lowest BCUT2D eigenvalue weighted by Crippen LogP contribution is -2.41. The summed E-state index contributed by atoms with van der Waals surface area (Å²) < 4.78 is 6.04. The molecule has 1 aromatic rings. The lowest BCUT2D eigenvalue weighted by Gasteiger charge is -2.36. The van der Waals surface area contributed by atoms with E-state index in [4.69, 9.17) is 4.43 Å². The van der Waals surface area contributed by atoms with Crippen LogP contribution in [0.25, 0.3) is 0 Å². The Morgan fingerprint density at radius 1 is 1.13 bits per heavy atom. The number of rotatable bonds is 6. The van der Waals surface area contributed by atoms with Gasteiger partial charge in [0.25, 0.3) is 0 Å². The van der Waals surface area contributed by atoms with Gasteiger partial charge in [-0.15, -0.1) is 0 Å². The second kappa shape index (κ2) is 6.41. The number of nitrogens with zero attached hydrogens (tertiary/aromatic N) is 1. The first-order valence-corrected chi connectivity index (χ1v) is 10.3. The number of hydrogen-bond donors (Lipinski definition) is 2. The van der Waals surface area contributed by atoms with Gasteiger partial charge in [-0.2, -0.15) is 0 Å². The van der Waals surface area contributed by atoms with E-state index < -0.39 is 25.7 Å². The van der Waals surface area contributed by atoms with Crippen LogP contribution in [0.15, 0.2) is 18.3 Å². The van der Waals surface area contributed by atoms with Crippen LogP contribution in [0, 0.1) is 0 Å². The standard InChI is InChI=1S/C16H25NO5Si/c1-15(2,3)23(5,6)22-10-12-8-7-11(9-17-12)16(4,13(18)19)14(20)21/h7-9H,10H2,1-6H3,(H,18,19)(H,20,21). The van der Waals surface area contributed by atoms with Gasteiger partial charge >= 0.3 is 11.9 Å². The summed E-state index contributed by atoms with van der Waals surface area (Å²) in [6.45, 7) is 12.2. The summed E-state index contributed by atoms with van der Waals surface area (Å²) in [5, 5.41) is 18.5. The van der Waals surface area contributed by atoms with E-state index in [1.165, 1.54) is 12.3 Å². The van der Waals surface area contributed by atoms with E-state index in [-0.39, 0.29) is 10.6 Å². The fourth-order valence-corrected chi connectivity index (χ4v) is 2.56. The third-order valence-electron chi connectivity index (χ3n) is 4.64. The van der Waals surface area contributed by atoms with Crippen molar-refractivity contribution in [3.63, 3.8) is 0 Å². The predicted octanol–water partition coefficient (Wildman–Crippen LogP) is 3.03. The summed E-state index contributed by atoms with van der Waals surface area (Å²) in [5.74, 6) is -2.84. The second-order valence-electron chi connectivity index (χ2n) is 7.32. The van der Waals surface area contributed by atoms with Gasteiger partial charge in [0.1, 0.15) is 0 Å². The smallest absolute Gasteiger partial charge is 0.325 e. The maximum absolute atomic E-state index is 11.3. The average molecular weight is 339 g/mol. The Labute approximate surface area is 137 Å². The van der Waals surface area contributed by atoms with Crippen LogP contribution in [0.1, 0.15) is 39.0 Å². The Morgan fingerprint density at radius 3 is 2.00 bits per heavy atom. The van der Waals surface area contributed by atoms with Crippen LogP contribution in [0.4, 0.5) is 0 Å². The van der Waals surface area contributed by atoms with E-state index in [9.17, 15) is 19.8 Å². The van der Waals surface area contributed by atoms with Crippen LogP contribution >= 0.6 is 0 Å². The van der Waals surface area contributed by atoms with Crippen molar-refractivity contribution in [3.05, 3.63) is 29.6 Å². The molecule has 0 bridgehead atoms. The van der Waals surface area contributed by atoms with E-state index in [2.05, 4.69) is 38.8 Å². The molecule has 0 amide bonds. The molecule has 0 unspecified atom stereocenters. The highest BCUT2D eigenvalue weighted by molar-refractivity contribution is 6.74. The number of carbonyl (C=O) groups is 2. The molecule has 1 heterocycles. The molecule has 23 heavy (non-hydrogen) atoms. The molecular weight excluding hydrogens is 314 g/mol. The predicted molar refractivity (Wildman–Crippen MR) is 88.8 cm³/mol. The highest BCUT2D eigenvalue weighted by Gasteiger charge is 2.44. The van der Waals surface area contributed by atoms with Crippen LogP contribution in [-0.2, 0) is 26.0 Å². The molecule has 0 saturated carbocycles. The zero-order valence-electron chi connectivity index (χ0n) is 14.5. The maximum Gasteiger partial charge on any atom is 0.325 e. The number of carboxylic acid groups (broad SMARTS) is 2. The first-order valence-electron chi connectivity index (χ1n) is 7.38. The van der Waals surface area contributed by atoms with Gasteiger partial charge in [-0.25, -0.2) is 0 Å². The fraction of sp³-hybridized carbons (Fsp3) is 0.562. The van der Waals surface area contributed by atoms with Crippen molar-refractivity contribution in [1.82, 2.24) is 4.98 Å². The summed E-state index contributed by atoms with van der Waals surface area (Å²) in [4.78, 5) is 26.7. The highest BCUT2D eigenvalue weighted by Crippen LogP contribution is 2.37. The largest absolute Gasteiger partial charge is 0.480 e. The van der Waals surface area contributed by atoms with Gasteiger partial charge in [0, 0.05) is 6.20 Å². The maximum atomic E-state index is 11.3. The monoisotopic (exact) mass is 339 g/mol. The molecule has 0 aliphatic heterocycles. The van der Waals surface area contributed by atoms with E-state index in [1.54, 1.807) is 6.07 Å². The number of hydrogen-bond acceptors (Lipinski definition) is 4. The van der Waals surface area contributed by atoms with Crippen LogP contribution in [0.5, 0.6) is 0 Å². The molecule has 2 N–H and O–H groups in total.